The highest BCUT2D eigenvalue weighted by molar-refractivity contribution is 5.97. The van der Waals surface area contributed by atoms with E-state index in [1.807, 2.05) is 0 Å². The van der Waals surface area contributed by atoms with E-state index in [2.05, 4.69) is 6.07 Å². The predicted molar refractivity (Wildman–Crippen MR) is 82.4 cm³/mol. The van der Waals surface area contributed by atoms with Crippen LogP contribution in [0.4, 0.5) is 0 Å². The largest absolute Gasteiger partial charge is 0.454 e. The predicted octanol–water partition coefficient (Wildman–Crippen LogP) is 3.02. The molecule has 2 heterocycles. The number of nitrogens with zero attached hydrogens (tertiary/aromatic N) is 1. The van der Waals surface area contributed by atoms with Gasteiger partial charge in [-0.2, -0.15) is 5.26 Å². The Morgan fingerprint density at radius 3 is 2.29 bits per heavy atom. The normalized spacial score (nSPS) is 15.0. The van der Waals surface area contributed by atoms with Crippen molar-refractivity contribution in [3.8, 4) is 29.1 Å². The molecular weight excluding hydrogens is 310 g/mol. The first-order valence-corrected chi connectivity index (χ1v) is 7.46. The van der Waals surface area contributed by atoms with Crippen LogP contribution in [0.2, 0.25) is 0 Å². The summed E-state index contributed by atoms with van der Waals surface area (Å²) in [7, 11) is 0. The van der Waals surface area contributed by atoms with Gasteiger partial charge >= 0.3 is 0 Å². The van der Waals surface area contributed by atoms with Crippen molar-refractivity contribution >= 4 is 5.78 Å². The van der Waals surface area contributed by atoms with Gasteiger partial charge in [-0.3, -0.25) is 4.79 Å². The molecule has 0 amide bonds. The first kappa shape index (κ1) is 14.4. The number of carbonyl (C=O) groups is 1. The van der Waals surface area contributed by atoms with Crippen LogP contribution in [-0.4, -0.2) is 19.4 Å². The van der Waals surface area contributed by atoms with Crippen LogP contribution in [0.1, 0.15) is 28.3 Å². The van der Waals surface area contributed by atoms with Crippen molar-refractivity contribution in [3.63, 3.8) is 0 Å². The third kappa shape index (κ3) is 2.50. The van der Waals surface area contributed by atoms with Gasteiger partial charge in [-0.1, -0.05) is 6.07 Å². The average molecular weight is 323 g/mol. The summed E-state index contributed by atoms with van der Waals surface area (Å²) in [5.74, 6) is 1.74. The lowest BCUT2D eigenvalue weighted by Gasteiger charge is -2.10. The Kier molecular flexibility index (Phi) is 3.47. The summed E-state index contributed by atoms with van der Waals surface area (Å²) in [5.41, 5.74) is 1.23. The minimum Gasteiger partial charge on any atom is -0.454 e. The molecule has 120 valence electrons. The van der Waals surface area contributed by atoms with Gasteiger partial charge in [-0.05, 0) is 35.9 Å². The summed E-state index contributed by atoms with van der Waals surface area (Å²) in [6, 6.07) is 12.5. The van der Waals surface area contributed by atoms with Gasteiger partial charge < -0.3 is 18.9 Å². The van der Waals surface area contributed by atoms with Crippen LogP contribution in [0.25, 0.3) is 0 Å². The number of nitriles is 1. The minimum absolute atomic E-state index is 0.0792. The fourth-order valence-electron chi connectivity index (χ4n) is 2.74. The first-order valence-electron chi connectivity index (χ1n) is 7.46. The number of carbonyl (C=O) groups excluding carboxylic acids is 1. The van der Waals surface area contributed by atoms with Crippen LogP contribution >= 0.6 is 0 Å². The number of hydrogen-bond acceptors (Lipinski definition) is 6. The third-order valence-corrected chi connectivity index (χ3v) is 4.04. The molecule has 6 heteroatoms. The van der Waals surface area contributed by atoms with Gasteiger partial charge in [-0.15, -0.1) is 0 Å². The number of ether oxygens (including phenoxy) is 4. The Morgan fingerprint density at radius 2 is 1.58 bits per heavy atom. The summed E-state index contributed by atoms with van der Waals surface area (Å²) in [5, 5.41) is 9.46. The number of benzene rings is 2. The van der Waals surface area contributed by atoms with Crippen molar-refractivity contribution in [3.05, 3.63) is 47.5 Å². The lowest BCUT2D eigenvalue weighted by molar-refractivity contribution is 0.0978. The maximum atomic E-state index is 12.5. The van der Waals surface area contributed by atoms with E-state index < -0.39 is 5.92 Å². The summed E-state index contributed by atoms with van der Waals surface area (Å²) >= 11 is 0. The molecule has 0 aromatic heterocycles. The zero-order chi connectivity index (χ0) is 16.5. The van der Waals surface area contributed by atoms with E-state index >= 15 is 0 Å². The number of hydrogen-bond donors (Lipinski definition) is 0. The molecule has 0 N–H and O–H groups in total. The van der Waals surface area contributed by atoms with E-state index in [0.717, 1.165) is 5.56 Å². The highest BCUT2D eigenvalue weighted by Crippen LogP contribution is 2.36. The molecule has 0 bridgehead atoms. The molecule has 24 heavy (non-hydrogen) atoms. The zero-order valence-corrected chi connectivity index (χ0v) is 12.7. The molecule has 2 aromatic rings. The molecule has 0 saturated heterocycles. The second kappa shape index (κ2) is 5.78. The molecule has 4 rings (SSSR count). The first-order chi connectivity index (χ1) is 11.7. The van der Waals surface area contributed by atoms with Crippen molar-refractivity contribution in [2.24, 2.45) is 0 Å². The Morgan fingerprint density at radius 1 is 0.958 bits per heavy atom. The van der Waals surface area contributed by atoms with Crippen LogP contribution in [0.5, 0.6) is 23.0 Å². The van der Waals surface area contributed by atoms with E-state index in [-0.39, 0.29) is 25.8 Å². The molecule has 2 aliphatic rings. The molecule has 1 unspecified atom stereocenters. The molecule has 0 saturated carbocycles. The second-order valence-electron chi connectivity index (χ2n) is 5.49. The van der Waals surface area contributed by atoms with Crippen molar-refractivity contribution < 1.29 is 23.7 Å². The highest BCUT2D eigenvalue weighted by Gasteiger charge is 2.22. The van der Waals surface area contributed by atoms with Crippen molar-refractivity contribution in [2.75, 3.05) is 13.6 Å². The van der Waals surface area contributed by atoms with Crippen molar-refractivity contribution in [2.45, 2.75) is 12.3 Å². The molecule has 2 aromatic carbocycles. The van der Waals surface area contributed by atoms with E-state index in [0.29, 0.717) is 28.6 Å². The SMILES string of the molecule is N#CC(CC(=O)c1ccc2c(c1)OCO2)c1ccc2c(c1)OCO2. The molecule has 0 spiro atoms. The van der Waals surface area contributed by atoms with Crippen LogP contribution in [0.15, 0.2) is 36.4 Å². The maximum Gasteiger partial charge on any atom is 0.231 e. The Balaban J connectivity index is 1.54. The van der Waals surface area contributed by atoms with Crippen LogP contribution < -0.4 is 18.9 Å². The lowest BCUT2D eigenvalue weighted by Crippen LogP contribution is -2.06. The molecule has 1 atom stereocenters. The Bertz CT molecular complexity index is 855. The zero-order valence-electron chi connectivity index (χ0n) is 12.7. The Labute approximate surface area is 138 Å². The lowest BCUT2D eigenvalue weighted by atomic mass is 9.92. The van der Waals surface area contributed by atoms with E-state index in [1.54, 1.807) is 36.4 Å². The molecular formula is C18H13NO5. The molecule has 0 aliphatic carbocycles. The number of rotatable bonds is 4. The van der Waals surface area contributed by atoms with E-state index in [9.17, 15) is 10.1 Å². The minimum atomic E-state index is -0.558. The van der Waals surface area contributed by atoms with Crippen LogP contribution in [0, 0.1) is 11.3 Å². The van der Waals surface area contributed by atoms with E-state index in [4.69, 9.17) is 18.9 Å². The van der Waals surface area contributed by atoms with Crippen molar-refractivity contribution in [1.29, 1.82) is 5.26 Å². The van der Waals surface area contributed by atoms with Gasteiger partial charge in [0, 0.05) is 12.0 Å². The van der Waals surface area contributed by atoms with Gasteiger partial charge in [0.1, 0.15) is 0 Å². The van der Waals surface area contributed by atoms with E-state index in [1.165, 1.54) is 0 Å². The fraction of sp³-hybridized carbons (Fsp3) is 0.222. The Hall–Kier alpha value is -3.20. The second-order valence-corrected chi connectivity index (χ2v) is 5.49. The molecule has 0 fully saturated rings. The molecule has 6 nitrogen and oxygen atoms in total. The monoisotopic (exact) mass is 323 g/mol. The summed E-state index contributed by atoms with van der Waals surface area (Å²) in [6.07, 6.45) is 0.0792. The molecule has 0 radical (unpaired) electrons. The standard InChI is InChI=1S/C18H13NO5/c19-8-13(11-1-3-15-17(6-11)23-9-21-15)5-14(20)12-2-4-16-18(7-12)24-10-22-16/h1-4,6-7,13H,5,9-10H2. The van der Waals surface area contributed by atoms with Crippen molar-refractivity contribution in [1.82, 2.24) is 0 Å². The maximum absolute atomic E-state index is 12.5. The summed E-state index contributed by atoms with van der Waals surface area (Å²) in [4.78, 5) is 12.5. The van der Waals surface area contributed by atoms with Gasteiger partial charge in [0.2, 0.25) is 13.6 Å². The topological polar surface area (TPSA) is 77.8 Å². The van der Waals surface area contributed by atoms with Gasteiger partial charge in [0.05, 0.1) is 12.0 Å². The number of ketones is 1. The highest BCUT2D eigenvalue weighted by atomic mass is 16.7. The third-order valence-electron chi connectivity index (χ3n) is 4.04. The van der Waals surface area contributed by atoms with Crippen LogP contribution in [0.3, 0.4) is 0 Å². The summed E-state index contributed by atoms with van der Waals surface area (Å²) < 4.78 is 21.1. The number of Topliss-reactive ketones (excluding diaryl/α,β-unsaturated/α-hetero) is 1. The molecule has 2 aliphatic heterocycles. The van der Waals surface area contributed by atoms with Gasteiger partial charge in [0.25, 0.3) is 0 Å². The number of fused-ring (bicyclic) bond motifs is 2. The smallest absolute Gasteiger partial charge is 0.231 e. The van der Waals surface area contributed by atoms with Gasteiger partial charge in [0.15, 0.2) is 28.8 Å². The summed E-state index contributed by atoms with van der Waals surface area (Å²) in [6.45, 7) is 0.330. The fourth-order valence-corrected chi connectivity index (χ4v) is 2.74. The van der Waals surface area contributed by atoms with Crippen LogP contribution in [-0.2, 0) is 0 Å². The average Bonchev–Trinajstić information content (AvgIpc) is 3.26. The quantitative estimate of drug-likeness (QED) is 0.805. The van der Waals surface area contributed by atoms with Gasteiger partial charge in [-0.25, -0.2) is 0 Å².